The molecule has 1 aliphatic rings. The average molecular weight is 338 g/mol. The lowest BCUT2D eigenvalue weighted by Crippen LogP contribution is -2.25. The second-order valence-electron chi connectivity index (χ2n) is 5.89. The highest BCUT2D eigenvalue weighted by atomic mass is 16.7. The van der Waals surface area contributed by atoms with E-state index in [1.165, 1.54) is 0 Å². The number of hydrogen-bond acceptors (Lipinski definition) is 4. The number of carbonyl (C=O) groups excluding carboxylic acids is 1. The van der Waals surface area contributed by atoms with Gasteiger partial charge in [0.25, 0.3) is 0 Å². The molecule has 1 atom stereocenters. The predicted octanol–water partition coefficient (Wildman–Crippen LogP) is 4.50. The largest absolute Gasteiger partial charge is 0.493 e. The number of ether oxygens (including phenoxy) is 3. The van der Waals surface area contributed by atoms with Crippen LogP contribution in [0, 0.1) is 0 Å². The first kappa shape index (κ1) is 17.2. The van der Waals surface area contributed by atoms with Crippen LogP contribution in [0.3, 0.4) is 0 Å². The van der Waals surface area contributed by atoms with Crippen molar-refractivity contribution in [2.75, 3.05) is 13.7 Å². The van der Waals surface area contributed by atoms with Crippen LogP contribution < -0.4 is 9.47 Å². The molecule has 4 nitrogen and oxygen atoms in total. The third-order valence-corrected chi connectivity index (χ3v) is 4.07. The predicted molar refractivity (Wildman–Crippen MR) is 97.0 cm³/mol. The summed E-state index contributed by atoms with van der Waals surface area (Å²) in [5.74, 6) is 1.25. The molecule has 0 saturated carbocycles. The van der Waals surface area contributed by atoms with E-state index in [0.717, 1.165) is 31.4 Å². The summed E-state index contributed by atoms with van der Waals surface area (Å²) < 4.78 is 16.9. The van der Waals surface area contributed by atoms with Gasteiger partial charge >= 0.3 is 0 Å². The number of ketones is 1. The van der Waals surface area contributed by atoms with Gasteiger partial charge in [-0.25, -0.2) is 0 Å². The van der Waals surface area contributed by atoms with Crippen LogP contribution in [0.15, 0.2) is 54.6 Å². The van der Waals surface area contributed by atoms with E-state index in [1.54, 1.807) is 31.4 Å². The smallest absolute Gasteiger partial charge is 0.200 e. The van der Waals surface area contributed by atoms with Crippen LogP contribution in [-0.4, -0.2) is 25.8 Å². The lowest BCUT2D eigenvalue weighted by atomic mass is 10.1. The van der Waals surface area contributed by atoms with Crippen molar-refractivity contribution >= 4 is 11.9 Å². The molecule has 1 saturated heterocycles. The Hall–Kier alpha value is -2.59. The zero-order valence-corrected chi connectivity index (χ0v) is 14.3. The lowest BCUT2D eigenvalue weighted by Gasteiger charge is -2.24. The number of allylic oxidation sites excluding steroid dienone is 1. The van der Waals surface area contributed by atoms with E-state index in [-0.39, 0.29) is 12.1 Å². The molecule has 0 bridgehead atoms. The molecule has 2 aromatic rings. The van der Waals surface area contributed by atoms with Crippen LogP contribution in [0.2, 0.25) is 0 Å². The van der Waals surface area contributed by atoms with E-state index in [1.807, 2.05) is 36.4 Å². The molecular formula is C21H22O4. The molecule has 0 radical (unpaired) electrons. The second-order valence-corrected chi connectivity index (χ2v) is 5.89. The Bertz CT molecular complexity index is 731. The summed E-state index contributed by atoms with van der Waals surface area (Å²) in [6.45, 7) is 0.732. The molecule has 3 rings (SSSR count). The minimum atomic E-state index is -0.219. The standard InChI is InChI=1S/C21H22O4/c1-23-20-15-16(10-12-18(22)17-7-3-2-4-8-17)11-13-19(20)25-21-9-5-6-14-24-21/h2-4,7-8,10-13,15,21H,5-6,9,14H2,1H3. The zero-order chi connectivity index (χ0) is 17.5. The number of carbonyl (C=O) groups is 1. The quantitative estimate of drug-likeness (QED) is 0.575. The average Bonchev–Trinajstić information content (AvgIpc) is 2.68. The highest BCUT2D eigenvalue weighted by Crippen LogP contribution is 2.31. The van der Waals surface area contributed by atoms with E-state index in [2.05, 4.69) is 0 Å². The third-order valence-electron chi connectivity index (χ3n) is 4.07. The van der Waals surface area contributed by atoms with Gasteiger partial charge in [0.05, 0.1) is 13.7 Å². The Kier molecular flexibility index (Phi) is 5.86. The highest BCUT2D eigenvalue weighted by Gasteiger charge is 2.17. The Morgan fingerprint density at radius 2 is 1.96 bits per heavy atom. The summed E-state index contributed by atoms with van der Waals surface area (Å²) in [4.78, 5) is 12.1. The van der Waals surface area contributed by atoms with Gasteiger partial charge in [-0.3, -0.25) is 4.79 Å². The summed E-state index contributed by atoms with van der Waals surface area (Å²) in [7, 11) is 1.60. The molecule has 0 spiro atoms. The molecule has 0 aromatic heterocycles. The fraction of sp³-hybridized carbons (Fsp3) is 0.286. The SMILES string of the molecule is COc1cc(C=CC(=O)c2ccccc2)ccc1OC1CCCCO1. The van der Waals surface area contributed by atoms with Crippen molar-refractivity contribution in [2.24, 2.45) is 0 Å². The lowest BCUT2D eigenvalue weighted by molar-refractivity contribution is -0.106. The van der Waals surface area contributed by atoms with Crippen LogP contribution >= 0.6 is 0 Å². The molecule has 1 fully saturated rings. The van der Waals surface area contributed by atoms with E-state index < -0.39 is 0 Å². The summed E-state index contributed by atoms with van der Waals surface area (Å²) in [6.07, 6.45) is 6.19. The van der Waals surface area contributed by atoms with E-state index in [0.29, 0.717) is 17.1 Å². The Balaban J connectivity index is 1.70. The minimum Gasteiger partial charge on any atom is -0.493 e. The Morgan fingerprint density at radius 1 is 1.12 bits per heavy atom. The fourth-order valence-corrected chi connectivity index (χ4v) is 2.70. The number of benzene rings is 2. The maximum absolute atomic E-state index is 12.1. The van der Waals surface area contributed by atoms with Gasteiger partial charge in [0.15, 0.2) is 23.6 Å². The number of methoxy groups -OCH3 is 1. The van der Waals surface area contributed by atoms with Crippen molar-refractivity contribution in [1.29, 1.82) is 0 Å². The molecule has 25 heavy (non-hydrogen) atoms. The number of rotatable bonds is 6. The number of hydrogen-bond donors (Lipinski definition) is 0. The van der Waals surface area contributed by atoms with Gasteiger partial charge < -0.3 is 14.2 Å². The Labute approximate surface area is 148 Å². The van der Waals surface area contributed by atoms with Crippen molar-refractivity contribution in [3.05, 3.63) is 65.7 Å². The first-order valence-electron chi connectivity index (χ1n) is 8.50. The normalized spacial score (nSPS) is 17.4. The van der Waals surface area contributed by atoms with Crippen molar-refractivity contribution in [1.82, 2.24) is 0 Å². The molecule has 1 unspecified atom stereocenters. The zero-order valence-electron chi connectivity index (χ0n) is 14.3. The molecule has 130 valence electrons. The maximum Gasteiger partial charge on any atom is 0.200 e. The van der Waals surface area contributed by atoms with Crippen LogP contribution in [0.25, 0.3) is 6.08 Å². The van der Waals surface area contributed by atoms with Crippen LogP contribution in [0.4, 0.5) is 0 Å². The summed E-state index contributed by atoms with van der Waals surface area (Å²) in [6, 6.07) is 14.8. The van der Waals surface area contributed by atoms with Gasteiger partial charge in [0, 0.05) is 12.0 Å². The maximum atomic E-state index is 12.1. The third kappa shape index (κ3) is 4.70. The van der Waals surface area contributed by atoms with Crippen molar-refractivity contribution in [3.63, 3.8) is 0 Å². The monoisotopic (exact) mass is 338 g/mol. The molecule has 0 aliphatic carbocycles. The molecular weight excluding hydrogens is 316 g/mol. The van der Waals surface area contributed by atoms with Crippen LogP contribution in [0.5, 0.6) is 11.5 Å². The van der Waals surface area contributed by atoms with E-state index in [9.17, 15) is 4.79 Å². The molecule has 2 aromatic carbocycles. The van der Waals surface area contributed by atoms with E-state index >= 15 is 0 Å². The molecule has 1 aliphatic heterocycles. The molecule has 1 heterocycles. The van der Waals surface area contributed by atoms with Gasteiger partial charge in [-0.15, -0.1) is 0 Å². The van der Waals surface area contributed by atoms with Crippen molar-refractivity contribution in [2.45, 2.75) is 25.6 Å². The van der Waals surface area contributed by atoms with Gasteiger partial charge in [-0.2, -0.15) is 0 Å². The summed E-state index contributed by atoms with van der Waals surface area (Å²) in [5, 5.41) is 0. The summed E-state index contributed by atoms with van der Waals surface area (Å²) in [5.41, 5.74) is 1.54. The molecule has 0 amide bonds. The topological polar surface area (TPSA) is 44.8 Å². The Morgan fingerprint density at radius 3 is 2.68 bits per heavy atom. The minimum absolute atomic E-state index is 0.0319. The van der Waals surface area contributed by atoms with Crippen LogP contribution in [0.1, 0.15) is 35.2 Å². The molecule has 0 N–H and O–H groups in total. The van der Waals surface area contributed by atoms with Gasteiger partial charge in [0.1, 0.15) is 0 Å². The van der Waals surface area contributed by atoms with Gasteiger partial charge in [-0.1, -0.05) is 42.5 Å². The molecule has 4 heteroatoms. The fourth-order valence-electron chi connectivity index (χ4n) is 2.70. The van der Waals surface area contributed by atoms with E-state index in [4.69, 9.17) is 14.2 Å². The highest BCUT2D eigenvalue weighted by molar-refractivity contribution is 6.06. The van der Waals surface area contributed by atoms with Gasteiger partial charge in [-0.05, 0) is 36.6 Å². The van der Waals surface area contributed by atoms with Crippen molar-refractivity contribution in [3.8, 4) is 11.5 Å². The first-order chi connectivity index (χ1) is 12.3. The second kappa shape index (κ2) is 8.49. The van der Waals surface area contributed by atoms with Gasteiger partial charge in [0.2, 0.25) is 0 Å². The van der Waals surface area contributed by atoms with Crippen molar-refractivity contribution < 1.29 is 19.0 Å². The summed E-state index contributed by atoms with van der Waals surface area (Å²) >= 11 is 0. The van der Waals surface area contributed by atoms with Crippen LogP contribution in [-0.2, 0) is 4.74 Å². The first-order valence-corrected chi connectivity index (χ1v) is 8.50.